The van der Waals surface area contributed by atoms with Gasteiger partial charge < -0.3 is 23.9 Å². The third-order valence-electron chi connectivity index (χ3n) is 7.15. The molecule has 42 heavy (non-hydrogen) atoms. The van der Waals surface area contributed by atoms with Gasteiger partial charge in [-0.2, -0.15) is 18.2 Å². The molecule has 9 nitrogen and oxygen atoms in total. The van der Waals surface area contributed by atoms with Crippen LogP contribution < -0.4 is 14.2 Å². The summed E-state index contributed by atoms with van der Waals surface area (Å²) < 4.78 is 59.7. The SMILES string of the molecule is COc1ccc(C(F)(F)F)cc1Cn1c(-c2ccc(OCC[C@H](C)C(=O)O)cc2Cl)nc2c(OC3(C)CC3)ncnc21. The molecule has 2 heterocycles. The summed E-state index contributed by atoms with van der Waals surface area (Å²) in [4.78, 5) is 24.5. The Labute approximate surface area is 244 Å². The van der Waals surface area contributed by atoms with Crippen LogP contribution in [-0.4, -0.2) is 49.9 Å². The Morgan fingerprint density at radius 2 is 1.95 bits per heavy atom. The Kier molecular flexibility index (Phi) is 7.93. The molecule has 0 saturated heterocycles. The summed E-state index contributed by atoms with van der Waals surface area (Å²) in [6.45, 7) is 3.65. The van der Waals surface area contributed by atoms with Gasteiger partial charge in [0.2, 0.25) is 5.88 Å². The number of imidazole rings is 1. The number of carboxylic acid groups (broad SMARTS) is 1. The summed E-state index contributed by atoms with van der Waals surface area (Å²) in [5.74, 6) is -0.203. The van der Waals surface area contributed by atoms with Crippen molar-refractivity contribution in [2.24, 2.45) is 5.92 Å². The molecule has 2 aromatic heterocycles. The first-order valence-corrected chi connectivity index (χ1v) is 13.6. The molecule has 0 aliphatic heterocycles. The Balaban J connectivity index is 1.58. The van der Waals surface area contributed by atoms with Crippen LogP contribution >= 0.6 is 11.6 Å². The highest BCUT2D eigenvalue weighted by molar-refractivity contribution is 6.33. The molecule has 0 amide bonds. The third kappa shape index (κ3) is 6.23. The molecule has 1 saturated carbocycles. The first-order valence-electron chi connectivity index (χ1n) is 13.2. The molecule has 4 aromatic rings. The zero-order chi connectivity index (χ0) is 30.2. The molecule has 1 N–H and O–H groups in total. The van der Waals surface area contributed by atoms with E-state index < -0.39 is 23.6 Å². The van der Waals surface area contributed by atoms with Crippen LogP contribution in [0.25, 0.3) is 22.6 Å². The van der Waals surface area contributed by atoms with Crippen molar-refractivity contribution in [2.45, 2.75) is 51.4 Å². The van der Waals surface area contributed by atoms with Crippen molar-refractivity contribution in [1.29, 1.82) is 0 Å². The number of hydrogen-bond acceptors (Lipinski definition) is 7. The summed E-state index contributed by atoms with van der Waals surface area (Å²) in [5, 5.41) is 9.34. The Bertz CT molecular complexity index is 1640. The van der Waals surface area contributed by atoms with Gasteiger partial charge in [-0.05, 0) is 62.6 Å². The van der Waals surface area contributed by atoms with Crippen LogP contribution in [-0.2, 0) is 17.5 Å². The second-order valence-corrected chi connectivity index (χ2v) is 10.9. The quantitative estimate of drug-likeness (QED) is 0.203. The predicted octanol–water partition coefficient (Wildman–Crippen LogP) is 6.64. The van der Waals surface area contributed by atoms with E-state index in [9.17, 15) is 18.0 Å². The number of methoxy groups -OCH3 is 1. The summed E-state index contributed by atoms with van der Waals surface area (Å²) in [6, 6.07) is 8.19. The average molecular weight is 605 g/mol. The molecular formula is C29H28ClF3N4O5. The van der Waals surface area contributed by atoms with Gasteiger partial charge >= 0.3 is 12.1 Å². The molecular weight excluding hydrogens is 577 g/mol. The number of alkyl halides is 3. The number of hydrogen-bond donors (Lipinski definition) is 1. The number of rotatable bonds is 11. The van der Waals surface area contributed by atoms with Crippen molar-refractivity contribution in [3.05, 3.63) is 58.9 Å². The third-order valence-corrected chi connectivity index (χ3v) is 7.47. The number of fused-ring (bicyclic) bond motifs is 1. The number of aliphatic carboxylic acids is 1. The molecule has 0 bridgehead atoms. The van der Waals surface area contributed by atoms with Crippen LogP contribution in [0.2, 0.25) is 5.02 Å². The predicted molar refractivity (Wildman–Crippen MR) is 148 cm³/mol. The molecule has 5 rings (SSSR count). The van der Waals surface area contributed by atoms with Crippen LogP contribution in [0.1, 0.15) is 44.2 Å². The fourth-order valence-electron chi connectivity index (χ4n) is 4.35. The van der Waals surface area contributed by atoms with Crippen molar-refractivity contribution in [1.82, 2.24) is 19.5 Å². The van der Waals surface area contributed by atoms with Gasteiger partial charge in [0.25, 0.3) is 0 Å². The highest BCUT2D eigenvalue weighted by Gasteiger charge is 2.41. The van der Waals surface area contributed by atoms with Gasteiger partial charge in [-0.25, -0.2) is 9.97 Å². The smallest absolute Gasteiger partial charge is 0.416 e. The number of nitrogens with zero attached hydrogens (tertiary/aromatic N) is 4. The monoisotopic (exact) mass is 604 g/mol. The first-order chi connectivity index (χ1) is 19.9. The molecule has 1 atom stereocenters. The van der Waals surface area contributed by atoms with Crippen molar-refractivity contribution < 1.29 is 37.3 Å². The number of halogens is 4. The Morgan fingerprint density at radius 1 is 1.19 bits per heavy atom. The zero-order valence-corrected chi connectivity index (χ0v) is 23.8. The van der Waals surface area contributed by atoms with Crippen molar-refractivity contribution in [3.63, 3.8) is 0 Å². The topological polar surface area (TPSA) is 109 Å². The second kappa shape index (κ2) is 11.3. The molecule has 1 fully saturated rings. The maximum Gasteiger partial charge on any atom is 0.416 e. The molecule has 0 spiro atoms. The fraction of sp³-hybridized carbons (Fsp3) is 0.379. The summed E-state index contributed by atoms with van der Waals surface area (Å²) >= 11 is 6.69. The van der Waals surface area contributed by atoms with Gasteiger partial charge in [0.15, 0.2) is 11.2 Å². The Hall–Kier alpha value is -4.06. The maximum absolute atomic E-state index is 13.6. The lowest BCUT2D eigenvalue weighted by Crippen LogP contribution is -2.13. The number of aromatic nitrogens is 4. The minimum absolute atomic E-state index is 0.0751. The van der Waals surface area contributed by atoms with Gasteiger partial charge in [0, 0.05) is 11.1 Å². The number of benzene rings is 2. The van der Waals surface area contributed by atoms with Crippen LogP contribution in [0.15, 0.2) is 42.7 Å². The van der Waals surface area contributed by atoms with Crippen molar-refractivity contribution in [2.75, 3.05) is 13.7 Å². The molecule has 1 aliphatic rings. The maximum atomic E-state index is 13.6. The fourth-order valence-corrected chi connectivity index (χ4v) is 4.61. The molecule has 222 valence electrons. The van der Waals surface area contributed by atoms with E-state index in [1.165, 1.54) is 19.5 Å². The first kappa shape index (κ1) is 29.4. The lowest BCUT2D eigenvalue weighted by atomic mass is 10.1. The molecule has 0 radical (unpaired) electrons. The van der Waals surface area contributed by atoms with E-state index in [2.05, 4.69) is 9.97 Å². The van der Waals surface area contributed by atoms with Crippen LogP contribution in [0.5, 0.6) is 17.4 Å². The van der Waals surface area contributed by atoms with Gasteiger partial charge in [0.1, 0.15) is 29.3 Å². The molecule has 1 aliphatic carbocycles. The van der Waals surface area contributed by atoms with Crippen LogP contribution in [0, 0.1) is 5.92 Å². The van der Waals surface area contributed by atoms with E-state index in [-0.39, 0.29) is 41.0 Å². The standard InChI is InChI=1S/C29H28ClF3N4O5/c1-16(27(38)39)8-11-41-19-5-6-20(21(30)13-19)24-36-23-25(34-15-35-26(23)42-28(2)9-10-28)37(24)14-17-12-18(29(31,32)33)4-7-22(17)40-3/h4-7,12-13,15-16H,8-11,14H2,1-3H3,(H,38,39)/t16-/m0/s1. The Morgan fingerprint density at radius 3 is 2.60 bits per heavy atom. The van der Waals surface area contributed by atoms with E-state index in [0.29, 0.717) is 34.7 Å². The van der Waals surface area contributed by atoms with Crippen LogP contribution in [0.3, 0.4) is 0 Å². The normalized spacial score (nSPS) is 14.9. The van der Waals surface area contributed by atoms with E-state index in [1.54, 1.807) is 29.7 Å². The summed E-state index contributed by atoms with van der Waals surface area (Å²) in [5.41, 5.74) is 0.219. The lowest BCUT2D eigenvalue weighted by Gasteiger charge is -2.16. The van der Waals surface area contributed by atoms with Crippen molar-refractivity contribution in [3.8, 4) is 28.8 Å². The number of ether oxygens (including phenoxy) is 3. The minimum atomic E-state index is -4.55. The molecule has 0 unspecified atom stereocenters. The van der Waals surface area contributed by atoms with Gasteiger partial charge in [-0.1, -0.05) is 18.5 Å². The lowest BCUT2D eigenvalue weighted by molar-refractivity contribution is -0.141. The van der Waals surface area contributed by atoms with Gasteiger partial charge in [-0.3, -0.25) is 4.79 Å². The van der Waals surface area contributed by atoms with E-state index in [4.69, 9.17) is 35.9 Å². The highest BCUT2D eigenvalue weighted by atomic mass is 35.5. The number of carbonyl (C=O) groups is 1. The molecule has 13 heteroatoms. The minimum Gasteiger partial charge on any atom is -0.496 e. The van der Waals surface area contributed by atoms with E-state index >= 15 is 0 Å². The van der Waals surface area contributed by atoms with Crippen LogP contribution in [0.4, 0.5) is 13.2 Å². The van der Waals surface area contributed by atoms with Crippen molar-refractivity contribution >= 4 is 28.7 Å². The number of carboxylic acids is 1. The van der Waals surface area contributed by atoms with E-state index in [0.717, 1.165) is 25.0 Å². The summed E-state index contributed by atoms with van der Waals surface area (Å²) in [7, 11) is 1.39. The van der Waals surface area contributed by atoms with Gasteiger partial charge in [0.05, 0.1) is 36.8 Å². The zero-order valence-electron chi connectivity index (χ0n) is 23.0. The van der Waals surface area contributed by atoms with Gasteiger partial charge in [-0.15, -0.1) is 0 Å². The second-order valence-electron chi connectivity index (χ2n) is 10.5. The summed E-state index contributed by atoms with van der Waals surface area (Å²) in [6.07, 6.45) is -1.21. The van der Waals surface area contributed by atoms with E-state index in [1.807, 2.05) is 6.92 Å². The average Bonchev–Trinajstić information content (AvgIpc) is 3.55. The molecule has 2 aromatic carbocycles. The highest BCUT2D eigenvalue weighted by Crippen LogP contribution is 2.42. The largest absolute Gasteiger partial charge is 0.496 e.